The summed E-state index contributed by atoms with van der Waals surface area (Å²) in [6.07, 6.45) is 3.71. The number of aromatic nitrogens is 2. The zero-order valence-corrected chi connectivity index (χ0v) is 14.3. The number of hydrogen-bond donors (Lipinski definition) is 1. The van der Waals surface area contributed by atoms with Gasteiger partial charge in [-0.3, -0.25) is 9.78 Å². The van der Waals surface area contributed by atoms with Crippen molar-refractivity contribution >= 4 is 27.3 Å². The van der Waals surface area contributed by atoms with Gasteiger partial charge in [-0.1, -0.05) is 13.8 Å². The lowest BCUT2D eigenvalue weighted by Gasteiger charge is -2.08. The van der Waals surface area contributed by atoms with Gasteiger partial charge in [-0.25, -0.2) is 4.98 Å². The number of carbonyl (C=O) groups excluding carboxylic acids is 1. The molecule has 3 aromatic rings. The molecule has 5 heteroatoms. The van der Waals surface area contributed by atoms with Gasteiger partial charge in [0.15, 0.2) is 5.78 Å². The number of pyridine rings is 1. The number of Topliss-reactive ketones (excluding diaryl/α,β-unsaturated/α-hetero) is 1. The van der Waals surface area contributed by atoms with Crippen LogP contribution in [0.5, 0.6) is 0 Å². The SMILES string of the molecule is CC(=O)c1ccc2sc(-c3cncc(CNC(C)C)c3)nc2c1. The zero-order valence-electron chi connectivity index (χ0n) is 13.5. The highest BCUT2D eigenvalue weighted by Gasteiger charge is 2.09. The maximum Gasteiger partial charge on any atom is 0.159 e. The highest BCUT2D eigenvalue weighted by Crippen LogP contribution is 2.30. The predicted octanol–water partition coefficient (Wildman–Crippen LogP) is 4.06. The second-order valence-corrected chi connectivity index (χ2v) is 6.91. The summed E-state index contributed by atoms with van der Waals surface area (Å²) in [5.41, 5.74) is 3.71. The Labute approximate surface area is 139 Å². The Morgan fingerprint density at radius 2 is 2.09 bits per heavy atom. The van der Waals surface area contributed by atoms with E-state index in [0.717, 1.165) is 32.9 Å². The third-order valence-electron chi connectivity index (χ3n) is 3.55. The van der Waals surface area contributed by atoms with Crippen LogP contribution in [0.2, 0.25) is 0 Å². The van der Waals surface area contributed by atoms with Gasteiger partial charge in [0.1, 0.15) is 5.01 Å². The first-order valence-corrected chi connectivity index (χ1v) is 8.44. The van der Waals surface area contributed by atoms with E-state index in [0.29, 0.717) is 11.6 Å². The minimum absolute atomic E-state index is 0.0601. The van der Waals surface area contributed by atoms with E-state index in [1.807, 2.05) is 30.6 Å². The summed E-state index contributed by atoms with van der Waals surface area (Å²) in [5.74, 6) is 0.0601. The molecule has 0 saturated heterocycles. The number of thiazole rings is 1. The predicted molar refractivity (Wildman–Crippen MR) is 94.8 cm³/mol. The van der Waals surface area contributed by atoms with E-state index >= 15 is 0 Å². The van der Waals surface area contributed by atoms with Crippen molar-refractivity contribution in [2.75, 3.05) is 0 Å². The number of hydrogen-bond acceptors (Lipinski definition) is 5. The molecule has 23 heavy (non-hydrogen) atoms. The molecule has 1 aromatic carbocycles. The van der Waals surface area contributed by atoms with Gasteiger partial charge in [-0.15, -0.1) is 11.3 Å². The largest absolute Gasteiger partial charge is 0.310 e. The Hall–Kier alpha value is -2.11. The Morgan fingerprint density at radius 3 is 2.83 bits per heavy atom. The van der Waals surface area contributed by atoms with Crippen LogP contribution in [0.3, 0.4) is 0 Å². The highest BCUT2D eigenvalue weighted by atomic mass is 32.1. The summed E-state index contributed by atoms with van der Waals surface area (Å²) >= 11 is 1.62. The van der Waals surface area contributed by atoms with Crippen molar-refractivity contribution in [1.29, 1.82) is 0 Å². The third kappa shape index (κ3) is 3.63. The van der Waals surface area contributed by atoms with Crippen LogP contribution in [0, 0.1) is 0 Å². The molecule has 118 valence electrons. The molecule has 0 bridgehead atoms. The van der Waals surface area contributed by atoms with Gasteiger partial charge in [0.2, 0.25) is 0 Å². The molecule has 0 radical (unpaired) electrons. The molecule has 2 aromatic heterocycles. The number of nitrogens with one attached hydrogen (secondary N) is 1. The molecule has 0 atom stereocenters. The van der Waals surface area contributed by atoms with Crippen molar-refractivity contribution in [2.24, 2.45) is 0 Å². The van der Waals surface area contributed by atoms with Crippen molar-refractivity contribution in [2.45, 2.75) is 33.4 Å². The monoisotopic (exact) mass is 325 g/mol. The van der Waals surface area contributed by atoms with Gasteiger partial charge in [-0.05, 0) is 36.8 Å². The molecule has 0 aliphatic carbocycles. The maximum absolute atomic E-state index is 11.5. The Bertz CT molecular complexity index is 854. The number of fused-ring (bicyclic) bond motifs is 1. The summed E-state index contributed by atoms with van der Waals surface area (Å²) in [7, 11) is 0. The molecule has 2 heterocycles. The molecule has 3 rings (SSSR count). The fourth-order valence-corrected chi connectivity index (χ4v) is 3.22. The molecule has 0 saturated carbocycles. The van der Waals surface area contributed by atoms with Gasteiger partial charge in [-0.2, -0.15) is 0 Å². The number of ketones is 1. The molecule has 1 N–H and O–H groups in total. The van der Waals surface area contributed by atoms with Crippen molar-refractivity contribution in [3.8, 4) is 10.6 Å². The van der Waals surface area contributed by atoms with Crippen LogP contribution in [-0.2, 0) is 6.54 Å². The van der Waals surface area contributed by atoms with Crippen LogP contribution in [-0.4, -0.2) is 21.8 Å². The van der Waals surface area contributed by atoms with Crippen molar-refractivity contribution < 1.29 is 4.79 Å². The zero-order chi connectivity index (χ0) is 16.4. The van der Waals surface area contributed by atoms with E-state index in [9.17, 15) is 4.79 Å². The Morgan fingerprint density at radius 1 is 1.26 bits per heavy atom. The summed E-state index contributed by atoms with van der Waals surface area (Å²) in [6.45, 7) is 6.61. The highest BCUT2D eigenvalue weighted by molar-refractivity contribution is 7.21. The summed E-state index contributed by atoms with van der Waals surface area (Å²) in [4.78, 5) is 20.5. The molecule has 0 amide bonds. The minimum Gasteiger partial charge on any atom is -0.310 e. The topological polar surface area (TPSA) is 54.9 Å². The van der Waals surface area contributed by atoms with Crippen LogP contribution >= 0.6 is 11.3 Å². The molecule has 0 aliphatic rings. The van der Waals surface area contributed by atoms with Gasteiger partial charge < -0.3 is 5.32 Å². The third-order valence-corrected chi connectivity index (χ3v) is 4.64. The van der Waals surface area contributed by atoms with E-state index in [2.05, 4.69) is 35.2 Å². The summed E-state index contributed by atoms with van der Waals surface area (Å²) in [5, 5.41) is 4.32. The quantitative estimate of drug-likeness (QED) is 0.719. The van der Waals surface area contributed by atoms with Crippen molar-refractivity contribution in [3.05, 3.63) is 47.8 Å². The van der Waals surface area contributed by atoms with Crippen LogP contribution in [0.15, 0.2) is 36.7 Å². The summed E-state index contributed by atoms with van der Waals surface area (Å²) < 4.78 is 1.08. The van der Waals surface area contributed by atoms with Crippen LogP contribution in [0.4, 0.5) is 0 Å². The first-order chi connectivity index (χ1) is 11.0. The normalized spacial score (nSPS) is 11.3. The molecule has 0 unspecified atom stereocenters. The Balaban J connectivity index is 1.93. The van der Waals surface area contributed by atoms with Gasteiger partial charge >= 0.3 is 0 Å². The molecule has 0 aliphatic heterocycles. The van der Waals surface area contributed by atoms with Crippen molar-refractivity contribution in [1.82, 2.24) is 15.3 Å². The van der Waals surface area contributed by atoms with Crippen molar-refractivity contribution in [3.63, 3.8) is 0 Å². The second kappa shape index (κ2) is 6.56. The van der Waals surface area contributed by atoms with Gasteiger partial charge in [0, 0.05) is 36.1 Å². The minimum atomic E-state index is 0.0601. The Kier molecular flexibility index (Phi) is 4.50. The first-order valence-electron chi connectivity index (χ1n) is 7.62. The average molecular weight is 325 g/mol. The molecule has 0 fully saturated rings. The van der Waals surface area contributed by atoms with Crippen LogP contribution in [0.1, 0.15) is 36.7 Å². The molecular formula is C18H19N3OS. The fourth-order valence-electron chi connectivity index (χ4n) is 2.29. The van der Waals surface area contributed by atoms with Crippen LogP contribution in [0.25, 0.3) is 20.8 Å². The lowest BCUT2D eigenvalue weighted by Crippen LogP contribution is -2.21. The van der Waals surface area contributed by atoms with E-state index in [-0.39, 0.29) is 5.78 Å². The van der Waals surface area contributed by atoms with Gasteiger partial charge in [0.05, 0.1) is 10.2 Å². The van der Waals surface area contributed by atoms with E-state index in [4.69, 9.17) is 0 Å². The first kappa shape index (κ1) is 15.8. The second-order valence-electron chi connectivity index (χ2n) is 5.88. The fraction of sp³-hybridized carbons (Fsp3) is 0.278. The smallest absolute Gasteiger partial charge is 0.159 e. The standard InChI is InChI=1S/C18H19N3OS/c1-11(2)20-9-13-6-15(10-19-8-13)18-21-16-7-14(12(3)22)4-5-17(16)23-18/h4-8,10-11,20H,9H2,1-3H3. The number of rotatable bonds is 5. The number of benzene rings is 1. The van der Waals surface area contributed by atoms with Crippen LogP contribution < -0.4 is 5.32 Å². The molecule has 0 spiro atoms. The summed E-state index contributed by atoms with van der Waals surface area (Å²) in [6, 6.07) is 8.23. The average Bonchev–Trinajstić information content (AvgIpc) is 2.96. The molecule has 4 nitrogen and oxygen atoms in total. The molecular weight excluding hydrogens is 306 g/mol. The van der Waals surface area contributed by atoms with E-state index in [1.54, 1.807) is 18.3 Å². The number of carbonyl (C=O) groups is 1. The lowest BCUT2D eigenvalue weighted by molar-refractivity contribution is 0.101. The van der Waals surface area contributed by atoms with E-state index < -0.39 is 0 Å². The maximum atomic E-state index is 11.5. The van der Waals surface area contributed by atoms with Gasteiger partial charge in [0.25, 0.3) is 0 Å². The number of nitrogens with zero attached hydrogens (tertiary/aromatic N) is 2. The van der Waals surface area contributed by atoms with E-state index in [1.165, 1.54) is 0 Å². The lowest BCUT2D eigenvalue weighted by atomic mass is 10.1.